The van der Waals surface area contributed by atoms with Crippen molar-refractivity contribution in [3.05, 3.63) is 28.5 Å². The monoisotopic (exact) mass is 406 g/mol. The molecule has 6 nitrogen and oxygen atoms in total. The van der Waals surface area contributed by atoms with E-state index in [0.717, 1.165) is 10.9 Å². The first-order chi connectivity index (χ1) is 11.2. The Kier molecular flexibility index (Phi) is 4.79. The lowest BCUT2D eigenvalue weighted by molar-refractivity contribution is 0.606. The normalized spacial score (nSPS) is 12.2. The number of fused-ring (bicyclic) bond motifs is 3. The van der Waals surface area contributed by atoms with Crippen LogP contribution in [0.15, 0.2) is 18.2 Å². The van der Waals surface area contributed by atoms with E-state index >= 15 is 0 Å². The standard InChI is InChI=1S/C14H13Cl3N4O2S/c1-21(5-2-6-24(17,22)23)13-12-11(19-14(16)20-13)9-7-8(15)3-4-10(9)18-12/h3-4,7,18H,2,5-6H2,1H3. The number of aromatic nitrogens is 3. The molecule has 0 aliphatic heterocycles. The zero-order chi connectivity index (χ0) is 17.5. The molecule has 0 atom stereocenters. The fraction of sp³-hybridized carbons (Fsp3) is 0.286. The summed E-state index contributed by atoms with van der Waals surface area (Å²) >= 11 is 12.1. The molecular formula is C14H13Cl3N4O2S. The summed E-state index contributed by atoms with van der Waals surface area (Å²) in [5.41, 5.74) is 2.25. The molecule has 1 N–H and O–H groups in total. The number of benzene rings is 1. The van der Waals surface area contributed by atoms with Gasteiger partial charge in [-0.05, 0) is 36.2 Å². The van der Waals surface area contributed by atoms with E-state index in [-0.39, 0.29) is 11.0 Å². The Morgan fingerprint density at radius 2 is 2.00 bits per heavy atom. The number of aromatic amines is 1. The number of nitrogens with zero attached hydrogens (tertiary/aromatic N) is 3. The van der Waals surface area contributed by atoms with Crippen molar-refractivity contribution in [1.29, 1.82) is 0 Å². The van der Waals surface area contributed by atoms with Gasteiger partial charge in [-0.3, -0.25) is 0 Å². The molecule has 0 unspecified atom stereocenters. The van der Waals surface area contributed by atoms with E-state index < -0.39 is 9.05 Å². The molecule has 2 aromatic heterocycles. The van der Waals surface area contributed by atoms with Crippen LogP contribution < -0.4 is 4.90 Å². The lowest BCUT2D eigenvalue weighted by Gasteiger charge is -2.18. The van der Waals surface area contributed by atoms with Crippen LogP contribution in [0.1, 0.15) is 6.42 Å². The van der Waals surface area contributed by atoms with Crippen LogP contribution in [0.2, 0.25) is 10.3 Å². The summed E-state index contributed by atoms with van der Waals surface area (Å²) in [5.74, 6) is 0.479. The van der Waals surface area contributed by atoms with E-state index in [2.05, 4.69) is 15.0 Å². The summed E-state index contributed by atoms with van der Waals surface area (Å²) in [5, 5.41) is 1.55. The second-order valence-electron chi connectivity index (χ2n) is 5.37. The molecule has 0 aliphatic carbocycles. The summed E-state index contributed by atoms with van der Waals surface area (Å²) in [6, 6.07) is 5.45. The number of H-pyrrole nitrogens is 1. The van der Waals surface area contributed by atoms with Gasteiger partial charge in [0.05, 0.1) is 5.75 Å². The number of halogens is 3. The summed E-state index contributed by atoms with van der Waals surface area (Å²) in [7, 11) is 3.53. The van der Waals surface area contributed by atoms with Gasteiger partial charge < -0.3 is 9.88 Å². The predicted octanol–water partition coefficient (Wildman–Crippen LogP) is 3.81. The Bertz CT molecular complexity index is 1020. The minimum atomic E-state index is -3.51. The number of nitrogens with one attached hydrogen (secondary N) is 1. The third-order valence-electron chi connectivity index (χ3n) is 3.60. The summed E-state index contributed by atoms with van der Waals surface area (Å²) in [6.07, 6.45) is 0.373. The van der Waals surface area contributed by atoms with Crippen LogP contribution in [0.5, 0.6) is 0 Å². The molecule has 0 radical (unpaired) electrons. The van der Waals surface area contributed by atoms with E-state index in [1.807, 2.05) is 17.0 Å². The van der Waals surface area contributed by atoms with Crippen LogP contribution in [-0.2, 0) is 9.05 Å². The van der Waals surface area contributed by atoms with Crippen molar-refractivity contribution < 1.29 is 8.42 Å². The summed E-state index contributed by atoms with van der Waals surface area (Å²) in [4.78, 5) is 13.6. The van der Waals surface area contributed by atoms with Gasteiger partial charge in [0.15, 0.2) is 5.82 Å². The van der Waals surface area contributed by atoms with Gasteiger partial charge in [0, 0.05) is 40.2 Å². The highest BCUT2D eigenvalue weighted by Crippen LogP contribution is 2.32. The van der Waals surface area contributed by atoms with E-state index in [1.165, 1.54) is 0 Å². The van der Waals surface area contributed by atoms with Crippen molar-refractivity contribution in [1.82, 2.24) is 15.0 Å². The summed E-state index contributed by atoms with van der Waals surface area (Å²) in [6.45, 7) is 0.449. The Hall–Kier alpha value is -1.28. The minimum Gasteiger partial charge on any atom is -0.358 e. The van der Waals surface area contributed by atoms with Gasteiger partial charge >= 0.3 is 0 Å². The predicted molar refractivity (Wildman–Crippen MR) is 98.9 cm³/mol. The molecule has 0 fully saturated rings. The molecular weight excluding hydrogens is 395 g/mol. The Morgan fingerprint density at radius 1 is 1.25 bits per heavy atom. The third kappa shape index (κ3) is 3.69. The molecule has 0 saturated carbocycles. The second-order valence-corrected chi connectivity index (χ2v) is 9.04. The fourth-order valence-corrected chi connectivity index (χ4v) is 3.68. The Balaban J connectivity index is 2.02. The van der Waals surface area contributed by atoms with Crippen molar-refractivity contribution in [3.63, 3.8) is 0 Å². The topological polar surface area (TPSA) is 79.0 Å². The smallest absolute Gasteiger partial charge is 0.232 e. The maximum absolute atomic E-state index is 11.0. The Morgan fingerprint density at radius 3 is 2.71 bits per heavy atom. The third-order valence-corrected chi connectivity index (χ3v) is 5.25. The highest BCUT2D eigenvalue weighted by molar-refractivity contribution is 8.13. The molecule has 0 amide bonds. The lowest BCUT2D eigenvalue weighted by atomic mass is 10.2. The Labute approximate surface area is 153 Å². The molecule has 3 aromatic rings. The molecule has 24 heavy (non-hydrogen) atoms. The van der Waals surface area contributed by atoms with Crippen molar-refractivity contribution in [2.75, 3.05) is 24.2 Å². The molecule has 0 aliphatic rings. The first-order valence-electron chi connectivity index (χ1n) is 7.02. The first kappa shape index (κ1) is 17.5. The van der Waals surface area contributed by atoms with Crippen molar-refractivity contribution in [2.45, 2.75) is 6.42 Å². The van der Waals surface area contributed by atoms with Crippen LogP contribution in [0.3, 0.4) is 0 Å². The van der Waals surface area contributed by atoms with Crippen LogP contribution in [0.25, 0.3) is 21.9 Å². The molecule has 0 bridgehead atoms. The highest BCUT2D eigenvalue weighted by atomic mass is 35.7. The van der Waals surface area contributed by atoms with Gasteiger partial charge in [0.1, 0.15) is 11.0 Å². The number of hydrogen-bond donors (Lipinski definition) is 1. The van der Waals surface area contributed by atoms with Gasteiger partial charge in [0.2, 0.25) is 14.3 Å². The molecule has 0 saturated heterocycles. The van der Waals surface area contributed by atoms with Gasteiger partial charge in [-0.25, -0.2) is 13.4 Å². The molecule has 2 heterocycles. The number of anilines is 1. The summed E-state index contributed by atoms with van der Waals surface area (Å²) < 4.78 is 22.1. The average molecular weight is 408 g/mol. The minimum absolute atomic E-state index is 0.107. The van der Waals surface area contributed by atoms with E-state index in [9.17, 15) is 8.42 Å². The van der Waals surface area contributed by atoms with E-state index in [4.69, 9.17) is 33.9 Å². The quantitative estimate of drug-likeness (QED) is 0.514. The molecule has 1 aromatic carbocycles. The molecule has 128 valence electrons. The zero-order valence-corrected chi connectivity index (χ0v) is 15.6. The largest absolute Gasteiger partial charge is 0.358 e. The van der Waals surface area contributed by atoms with Gasteiger partial charge in [-0.15, -0.1) is 0 Å². The van der Waals surface area contributed by atoms with Crippen molar-refractivity contribution in [2.24, 2.45) is 0 Å². The number of hydrogen-bond acceptors (Lipinski definition) is 5. The van der Waals surface area contributed by atoms with Crippen molar-refractivity contribution in [3.8, 4) is 0 Å². The lowest BCUT2D eigenvalue weighted by Crippen LogP contribution is -2.22. The van der Waals surface area contributed by atoms with Gasteiger partial charge in [-0.1, -0.05) is 11.6 Å². The van der Waals surface area contributed by atoms with Gasteiger partial charge in [0.25, 0.3) is 0 Å². The van der Waals surface area contributed by atoms with E-state index in [0.29, 0.717) is 34.8 Å². The van der Waals surface area contributed by atoms with E-state index in [1.54, 1.807) is 13.1 Å². The number of rotatable bonds is 5. The molecule has 3 rings (SSSR count). The maximum atomic E-state index is 11.0. The average Bonchev–Trinajstić information content (AvgIpc) is 2.83. The molecule has 0 spiro atoms. The SMILES string of the molecule is CN(CCCS(=O)(=O)Cl)c1nc(Cl)nc2c1[nH]c1ccc(Cl)cc12. The van der Waals surface area contributed by atoms with Crippen molar-refractivity contribution >= 4 is 70.7 Å². The zero-order valence-electron chi connectivity index (χ0n) is 12.6. The van der Waals surface area contributed by atoms with Crippen LogP contribution in [-0.4, -0.2) is 42.7 Å². The maximum Gasteiger partial charge on any atom is 0.232 e. The van der Waals surface area contributed by atoms with Crippen LogP contribution >= 0.6 is 33.9 Å². The fourth-order valence-electron chi connectivity index (χ4n) is 2.54. The van der Waals surface area contributed by atoms with Gasteiger partial charge in [-0.2, -0.15) is 4.98 Å². The first-order valence-corrected chi connectivity index (χ1v) is 10.3. The van der Waals surface area contributed by atoms with Crippen LogP contribution in [0.4, 0.5) is 5.82 Å². The molecule has 10 heteroatoms. The highest BCUT2D eigenvalue weighted by Gasteiger charge is 2.16. The van der Waals surface area contributed by atoms with Crippen LogP contribution in [0, 0.1) is 0 Å². The second kappa shape index (κ2) is 6.55.